The van der Waals surface area contributed by atoms with Crippen LogP contribution in [0.25, 0.3) is 0 Å². The fraction of sp³-hybridized carbons (Fsp3) is 0.429. The molecule has 1 aliphatic carbocycles. The predicted molar refractivity (Wildman–Crippen MR) is 74.6 cm³/mol. The lowest BCUT2D eigenvalue weighted by Crippen LogP contribution is -2.28. The van der Waals surface area contributed by atoms with Crippen molar-refractivity contribution >= 4 is 27.8 Å². The van der Waals surface area contributed by atoms with E-state index >= 15 is 0 Å². The van der Waals surface area contributed by atoms with E-state index in [-0.39, 0.29) is 30.1 Å². The molecule has 0 unspecified atom stereocenters. The summed E-state index contributed by atoms with van der Waals surface area (Å²) < 4.78 is 5.56. The molecular formula is C14H16BrNO3. The average molecular weight is 326 g/mol. The summed E-state index contributed by atoms with van der Waals surface area (Å²) in [7, 11) is 1.34. The maximum absolute atomic E-state index is 11.9. The van der Waals surface area contributed by atoms with E-state index in [1.54, 1.807) is 0 Å². The van der Waals surface area contributed by atoms with E-state index in [9.17, 15) is 9.59 Å². The lowest BCUT2D eigenvalue weighted by Gasteiger charge is -2.05. The van der Waals surface area contributed by atoms with Gasteiger partial charge in [-0.3, -0.25) is 9.59 Å². The van der Waals surface area contributed by atoms with E-state index in [2.05, 4.69) is 26.0 Å². The van der Waals surface area contributed by atoms with Crippen molar-refractivity contribution in [1.29, 1.82) is 0 Å². The molecule has 0 aliphatic heterocycles. The molecule has 2 rings (SSSR count). The molecule has 4 nitrogen and oxygen atoms in total. The van der Waals surface area contributed by atoms with Gasteiger partial charge in [-0.05, 0) is 24.0 Å². The molecule has 0 bridgehead atoms. The first-order valence-corrected chi connectivity index (χ1v) is 7.01. The Hall–Kier alpha value is -1.36. The highest BCUT2D eigenvalue weighted by Crippen LogP contribution is 2.49. The van der Waals surface area contributed by atoms with Gasteiger partial charge in [-0.15, -0.1) is 0 Å². The van der Waals surface area contributed by atoms with Crippen molar-refractivity contribution in [2.24, 2.45) is 5.92 Å². The minimum Gasteiger partial charge on any atom is -0.469 e. The molecule has 19 heavy (non-hydrogen) atoms. The molecule has 1 fully saturated rings. The zero-order valence-corrected chi connectivity index (χ0v) is 12.3. The number of nitrogens with one attached hydrogen (secondary N) is 1. The standard InChI is InChI=1S/C14H16BrNO3/c1-19-13(17)6-7-16-14(18)11-8-10(11)9-4-2-3-5-12(9)15/h2-5,10-11H,6-8H2,1H3,(H,16,18)/t10-,11+/m1/s1. The highest BCUT2D eigenvalue weighted by Gasteiger charge is 2.44. The molecule has 1 amide bonds. The number of benzene rings is 1. The van der Waals surface area contributed by atoms with Crippen LogP contribution in [0.3, 0.4) is 0 Å². The second-order valence-electron chi connectivity index (χ2n) is 4.59. The highest BCUT2D eigenvalue weighted by molar-refractivity contribution is 9.10. The fourth-order valence-corrected chi connectivity index (χ4v) is 2.70. The molecule has 1 saturated carbocycles. The van der Waals surface area contributed by atoms with Gasteiger partial charge in [0.2, 0.25) is 5.91 Å². The number of hydrogen-bond acceptors (Lipinski definition) is 3. The van der Waals surface area contributed by atoms with E-state index in [1.165, 1.54) is 12.7 Å². The maximum Gasteiger partial charge on any atom is 0.307 e. The number of ether oxygens (including phenoxy) is 1. The first-order valence-electron chi connectivity index (χ1n) is 6.22. The van der Waals surface area contributed by atoms with Gasteiger partial charge >= 0.3 is 5.97 Å². The largest absolute Gasteiger partial charge is 0.469 e. The SMILES string of the molecule is COC(=O)CCNC(=O)[C@H]1C[C@@H]1c1ccccc1Br. The molecule has 0 saturated heterocycles. The summed E-state index contributed by atoms with van der Waals surface area (Å²) in [4.78, 5) is 22.8. The molecule has 1 aromatic carbocycles. The van der Waals surface area contributed by atoms with Crippen LogP contribution in [0.15, 0.2) is 28.7 Å². The molecule has 1 aliphatic rings. The summed E-state index contributed by atoms with van der Waals surface area (Å²) in [5.41, 5.74) is 1.18. The van der Waals surface area contributed by atoms with E-state index in [4.69, 9.17) is 0 Å². The second kappa shape index (κ2) is 6.19. The normalized spacial score (nSPS) is 20.7. The van der Waals surface area contributed by atoms with Crippen molar-refractivity contribution in [1.82, 2.24) is 5.32 Å². The van der Waals surface area contributed by atoms with Crippen molar-refractivity contribution in [2.45, 2.75) is 18.8 Å². The van der Waals surface area contributed by atoms with E-state index in [0.717, 1.165) is 10.9 Å². The molecule has 0 radical (unpaired) electrons. The Morgan fingerprint density at radius 2 is 2.16 bits per heavy atom. The summed E-state index contributed by atoms with van der Waals surface area (Å²) >= 11 is 3.50. The number of carbonyl (C=O) groups is 2. The summed E-state index contributed by atoms with van der Waals surface area (Å²) in [5.74, 6) is 0.0214. The quantitative estimate of drug-likeness (QED) is 0.844. The van der Waals surface area contributed by atoms with Crippen LogP contribution in [0.2, 0.25) is 0 Å². The molecular weight excluding hydrogens is 310 g/mol. The van der Waals surface area contributed by atoms with Gasteiger partial charge in [0.1, 0.15) is 0 Å². The maximum atomic E-state index is 11.9. The summed E-state index contributed by atoms with van der Waals surface area (Å²) in [5, 5.41) is 2.77. The van der Waals surface area contributed by atoms with Gasteiger partial charge in [-0.2, -0.15) is 0 Å². The van der Waals surface area contributed by atoms with Gasteiger partial charge in [0.15, 0.2) is 0 Å². The third kappa shape index (κ3) is 3.56. The van der Waals surface area contributed by atoms with E-state index in [1.807, 2.05) is 24.3 Å². The third-order valence-electron chi connectivity index (χ3n) is 3.29. The molecule has 102 valence electrons. The van der Waals surface area contributed by atoms with Crippen molar-refractivity contribution in [3.63, 3.8) is 0 Å². The molecule has 1 aromatic rings. The van der Waals surface area contributed by atoms with Crippen LogP contribution in [0.5, 0.6) is 0 Å². The third-order valence-corrected chi connectivity index (χ3v) is 4.01. The average Bonchev–Trinajstić information content (AvgIpc) is 3.19. The Labute approximate surface area is 120 Å². The van der Waals surface area contributed by atoms with Crippen molar-refractivity contribution in [2.75, 3.05) is 13.7 Å². The summed E-state index contributed by atoms with van der Waals surface area (Å²) in [6, 6.07) is 7.96. The Kier molecular flexibility index (Phi) is 4.58. The van der Waals surface area contributed by atoms with Crippen LogP contribution in [-0.4, -0.2) is 25.5 Å². The first-order chi connectivity index (χ1) is 9.13. The highest BCUT2D eigenvalue weighted by atomic mass is 79.9. The lowest BCUT2D eigenvalue weighted by molar-refractivity contribution is -0.140. The minimum absolute atomic E-state index is 0.0182. The van der Waals surface area contributed by atoms with Crippen LogP contribution in [-0.2, 0) is 14.3 Å². The van der Waals surface area contributed by atoms with Gasteiger partial charge < -0.3 is 10.1 Å². The number of halogens is 1. The fourth-order valence-electron chi connectivity index (χ4n) is 2.13. The zero-order chi connectivity index (χ0) is 13.8. The molecule has 0 heterocycles. The lowest BCUT2D eigenvalue weighted by atomic mass is 10.1. The number of hydrogen-bond donors (Lipinski definition) is 1. The van der Waals surface area contributed by atoms with E-state index in [0.29, 0.717) is 6.54 Å². The monoisotopic (exact) mass is 325 g/mol. The number of amides is 1. The van der Waals surface area contributed by atoms with E-state index < -0.39 is 0 Å². The Morgan fingerprint density at radius 1 is 1.42 bits per heavy atom. The van der Waals surface area contributed by atoms with Crippen LogP contribution in [0.1, 0.15) is 24.3 Å². The summed E-state index contributed by atoms with van der Waals surface area (Å²) in [6.45, 7) is 0.338. The molecule has 5 heteroatoms. The van der Waals surface area contributed by atoms with Gasteiger partial charge in [-0.25, -0.2) is 0 Å². The Bertz CT molecular complexity index is 489. The van der Waals surface area contributed by atoms with Gasteiger partial charge in [0, 0.05) is 16.9 Å². The first kappa shape index (κ1) is 14.1. The van der Waals surface area contributed by atoms with Crippen LogP contribution >= 0.6 is 15.9 Å². The molecule has 0 spiro atoms. The number of rotatable bonds is 5. The van der Waals surface area contributed by atoms with Crippen molar-refractivity contribution in [3.8, 4) is 0 Å². The smallest absolute Gasteiger partial charge is 0.307 e. The molecule has 2 atom stereocenters. The zero-order valence-electron chi connectivity index (χ0n) is 10.7. The van der Waals surface area contributed by atoms with Gasteiger partial charge in [0.25, 0.3) is 0 Å². The topological polar surface area (TPSA) is 55.4 Å². The minimum atomic E-state index is -0.307. The Balaban J connectivity index is 1.81. The van der Waals surface area contributed by atoms with Crippen LogP contribution in [0.4, 0.5) is 0 Å². The number of carbonyl (C=O) groups excluding carboxylic acids is 2. The van der Waals surface area contributed by atoms with Crippen molar-refractivity contribution in [3.05, 3.63) is 34.3 Å². The van der Waals surface area contributed by atoms with Crippen molar-refractivity contribution < 1.29 is 14.3 Å². The predicted octanol–water partition coefficient (Wildman–Crippen LogP) is 2.23. The van der Waals surface area contributed by atoms with Gasteiger partial charge in [-0.1, -0.05) is 34.1 Å². The number of methoxy groups -OCH3 is 1. The molecule has 1 N–H and O–H groups in total. The number of esters is 1. The summed E-state index contributed by atoms with van der Waals surface area (Å²) in [6.07, 6.45) is 1.08. The second-order valence-corrected chi connectivity index (χ2v) is 5.44. The van der Waals surface area contributed by atoms with Crippen LogP contribution in [0, 0.1) is 5.92 Å². The van der Waals surface area contributed by atoms with Gasteiger partial charge in [0.05, 0.1) is 13.5 Å². The Morgan fingerprint density at radius 3 is 2.84 bits per heavy atom. The molecule has 0 aromatic heterocycles. The van der Waals surface area contributed by atoms with Crippen LogP contribution < -0.4 is 5.32 Å².